The summed E-state index contributed by atoms with van der Waals surface area (Å²) in [6.07, 6.45) is -1.66. The van der Waals surface area contributed by atoms with Crippen LogP contribution < -0.4 is 14.4 Å². The molecule has 1 aliphatic heterocycles. The molecule has 1 N–H and O–H groups in total. The average molecular weight is 381 g/mol. The monoisotopic (exact) mass is 381 g/mol. The third-order valence-electron chi connectivity index (χ3n) is 4.68. The van der Waals surface area contributed by atoms with Crippen molar-refractivity contribution >= 4 is 5.69 Å². The van der Waals surface area contributed by atoms with Crippen molar-refractivity contribution < 1.29 is 27.8 Å². The third-order valence-corrected chi connectivity index (χ3v) is 4.68. The number of hydrogen-bond acceptors (Lipinski definition) is 4. The minimum absolute atomic E-state index is 0.253. The molecule has 0 atom stereocenters. The van der Waals surface area contributed by atoms with Crippen LogP contribution in [0.2, 0.25) is 0 Å². The molecule has 4 nitrogen and oxygen atoms in total. The van der Waals surface area contributed by atoms with Crippen molar-refractivity contribution in [2.45, 2.75) is 25.6 Å². The first kappa shape index (κ1) is 19.2. The molecule has 27 heavy (non-hydrogen) atoms. The van der Waals surface area contributed by atoms with Crippen LogP contribution in [0.15, 0.2) is 48.5 Å². The van der Waals surface area contributed by atoms with E-state index < -0.39 is 6.36 Å². The quantitative estimate of drug-likeness (QED) is 0.767. The maximum absolute atomic E-state index is 12.1. The lowest BCUT2D eigenvalue weighted by Gasteiger charge is -2.33. The van der Waals surface area contributed by atoms with Gasteiger partial charge in [-0.3, -0.25) is 0 Å². The molecule has 0 aromatic heterocycles. The number of halogens is 3. The number of anilines is 1. The number of aromatic hydroxyl groups is 1. The van der Waals surface area contributed by atoms with Crippen LogP contribution >= 0.6 is 0 Å². The zero-order chi connectivity index (χ0) is 19.3. The smallest absolute Gasteiger partial charge is 0.508 e. The van der Waals surface area contributed by atoms with E-state index >= 15 is 0 Å². The number of benzene rings is 2. The Hall–Kier alpha value is -2.57. The van der Waals surface area contributed by atoms with Gasteiger partial charge in [-0.05, 0) is 73.7 Å². The van der Waals surface area contributed by atoms with Crippen LogP contribution in [0, 0.1) is 5.92 Å². The van der Waals surface area contributed by atoms with Gasteiger partial charge in [0.05, 0.1) is 6.61 Å². The fraction of sp³-hybridized carbons (Fsp3) is 0.400. The van der Waals surface area contributed by atoms with Gasteiger partial charge in [0.1, 0.15) is 17.2 Å². The van der Waals surface area contributed by atoms with E-state index in [1.165, 1.54) is 24.3 Å². The highest BCUT2D eigenvalue weighted by Gasteiger charge is 2.31. The van der Waals surface area contributed by atoms with Gasteiger partial charge in [-0.15, -0.1) is 13.2 Å². The Balaban J connectivity index is 1.38. The van der Waals surface area contributed by atoms with Crippen LogP contribution in [0.1, 0.15) is 19.3 Å². The maximum atomic E-state index is 12.1. The highest BCUT2D eigenvalue weighted by molar-refractivity contribution is 5.49. The second-order valence-corrected chi connectivity index (χ2v) is 6.60. The minimum atomic E-state index is -4.68. The highest BCUT2D eigenvalue weighted by Crippen LogP contribution is 2.27. The van der Waals surface area contributed by atoms with Crippen LogP contribution in [0.4, 0.5) is 18.9 Å². The number of rotatable bonds is 6. The second kappa shape index (κ2) is 8.41. The molecule has 146 valence electrons. The number of ether oxygens (including phenoxy) is 2. The number of phenolic OH excluding ortho intramolecular Hbond substituents is 1. The van der Waals surface area contributed by atoms with Crippen molar-refractivity contribution in [2.24, 2.45) is 5.92 Å². The van der Waals surface area contributed by atoms with Gasteiger partial charge in [-0.2, -0.15) is 0 Å². The molecule has 0 bridgehead atoms. The Kier molecular flexibility index (Phi) is 5.98. The summed E-state index contributed by atoms with van der Waals surface area (Å²) >= 11 is 0. The van der Waals surface area contributed by atoms with Gasteiger partial charge in [0.2, 0.25) is 0 Å². The molecule has 0 amide bonds. The Morgan fingerprint density at radius 3 is 2.11 bits per heavy atom. The van der Waals surface area contributed by atoms with Crippen molar-refractivity contribution in [1.29, 1.82) is 0 Å². The number of nitrogens with zero attached hydrogens (tertiary/aromatic N) is 1. The van der Waals surface area contributed by atoms with Crippen LogP contribution in [-0.2, 0) is 0 Å². The SMILES string of the molecule is Oc1ccc(N2CCC(CCOc3ccc(OC(F)(F)F)cc3)CC2)cc1. The summed E-state index contributed by atoms with van der Waals surface area (Å²) in [5.41, 5.74) is 1.11. The van der Waals surface area contributed by atoms with Crippen molar-refractivity contribution in [3.63, 3.8) is 0 Å². The van der Waals surface area contributed by atoms with Gasteiger partial charge >= 0.3 is 6.36 Å². The minimum Gasteiger partial charge on any atom is -0.508 e. The zero-order valence-electron chi connectivity index (χ0n) is 14.8. The summed E-state index contributed by atoms with van der Waals surface area (Å²) in [6.45, 7) is 2.45. The molecule has 1 saturated heterocycles. The first-order valence-electron chi connectivity index (χ1n) is 8.92. The van der Waals surface area contributed by atoms with Gasteiger partial charge in [0, 0.05) is 18.8 Å². The van der Waals surface area contributed by atoms with E-state index in [0.717, 1.165) is 38.0 Å². The summed E-state index contributed by atoms with van der Waals surface area (Å²) in [4.78, 5) is 2.30. The summed E-state index contributed by atoms with van der Waals surface area (Å²) in [5, 5.41) is 9.36. The van der Waals surface area contributed by atoms with Crippen molar-refractivity contribution in [2.75, 3.05) is 24.6 Å². The van der Waals surface area contributed by atoms with Gasteiger partial charge < -0.3 is 19.5 Å². The summed E-state index contributed by atoms with van der Waals surface area (Å²) in [5.74, 6) is 1.11. The predicted octanol–water partition coefficient (Wildman–Crippen LogP) is 4.98. The molecule has 2 aromatic carbocycles. The molecule has 0 saturated carbocycles. The van der Waals surface area contributed by atoms with E-state index in [0.29, 0.717) is 18.3 Å². The lowest BCUT2D eigenvalue weighted by molar-refractivity contribution is -0.274. The standard InChI is InChI=1S/C20H22F3NO3/c21-20(22,23)27-19-7-5-18(6-8-19)26-14-11-15-9-12-24(13-10-15)16-1-3-17(25)4-2-16/h1-8,15,25H,9-14H2. The van der Waals surface area contributed by atoms with Gasteiger partial charge in [-0.25, -0.2) is 0 Å². The Labute approximate surface area is 156 Å². The Bertz CT molecular complexity index is 709. The summed E-state index contributed by atoms with van der Waals surface area (Å²) in [6, 6.07) is 12.7. The fourth-order valence-corrected chi connectivity index (χ4v) is 3.22. The summed E-state index contributed by atoms with van der Waals surface area (Å²) < 4.78 is 45.9. The number of alkyl halides is 3. The van der Waals surface area contributed by atoms with Gasteiger partial charge in [0.15, 0.2) is 0 Å². The number of piperidine rings is 1. The van der Waals surface area contributed by atoms with E-state index in [2.05, 4.69) is 9.64 Å². The largest absolute Gasteiger partial charge is 0.573 e. The topological polar surface area (TPSA) is 41.9 Å². The first-order valence-corrected chi connectivity index (χ1v) is 8.92. The van der Waals surface area contributed by atoms with E-state index in [-0.39, 0.29) is 11.5 Å². The van der Waals surface area contributed by atoms with Crippen LogP contribution in [0.25, 0.3) is 0 Å². The molecule has 3 rings (SSSR count). The molecule has 7 heteroatoms. The van der Waals surface area contributed by atoms with Crippen molar-refractivity contribution in [3.05, 3.63) is 48.5 Å². The molecule has 0 unspecified atom stereocenters. The molecule has 0 aliphatic carbocycles. The maximum Gasteiger partial charge on any atom is 0.573 e. The van der Waals surface area contributed by atoms with Crippen molar-refractivity contribution in [3.8, 4) is 17.2 Å². The van der Waals surface area contributed by atoms with Crippen LogP contribution in [-0.4, -0.2) is 31.2 Å². The number of hydrogen-bond donors (Lipinski definition) is 1. The van der Waals surface area contributed by atoms with E-state index in [9.17, 15) is 18.3 Å². The summed E-state index contributed by atoms with van der Waals surface area (Å²) in [7, 11) is 0. The Morgan fingerprint density at radius 1 is 0.926 bits per heavy atom. The molecule has 1 aliphatic rings. The fourth-order valence-electron chi connectivity index (χ4n) is 3.22. The third kappa shape index (κ3) is 5.98. The van der Waals surface area contributed by atoms with E-state index in [1.807, 2.05) is 12.1 Å². The van der Waals surface area contributed by atoms with Gasteiger partial charge in [-0.1, -0.05) is 0 Å². The zero-order valence-corrected chi connectivity index (χ0v) is 14.8. The van der Waals surface area contributed by atoms with Crippen LogP contribution in [0.5, 0.6) is 17.2 Å². The molecule has 2 aromatic rings. The highest BCUT2D eigenvalue weighted by atomic mass is 19.4. The molecular formula is C20H22F3NO3. The first-order chi connectivity index (χ1) is 12.9. The molecule has 1 fully saturated rings. The molecular weight excluding hydrogens is 359 g/mol. The van der Waals surface area contributed by atoms with Crippen LogP contribution in [0.3, 0.4) is 0 Å². The number of phenols is 1. The van der Waals surface area contributed by atoms with E-state index in [1.54, 1.807) is 12.1 Å². The predicted molar refractivity (Wildman–Crippen MR) is 96.3 cm³/mol. The molecule has 0 spiro atoms. The second-order valence-electron chi connectivity index (χ2n) is 6.60. The molecule has 1 heterocycles. The van der Waals surface area contributed by atoms with Gasteiger partial charge in [0.25, 0.3) is 0 Å². The molecule has 0 radical (unpaired) electrons. The Morgan fingerprint density at radius 2 is 1.52 bits per heavy atom. The van der Waals surface area contributed by atoms with Crippen molar-refractivity contribution in [1.82, 2.24) is 0 Å². The lowest BCUT2D eigenvalue weighted by atomic mass is 9.93. The average Bonchev–Trinajstić information content (AvgIpc) is 2.63. The van der Waals surface area contributed by atoms with E-state index in [4.69, 9.17) is 4.74 Å². The normalized spacial score (nSPS) is 15.6. The lowest BCUT2D eigenvalue weighted by Crippen LogP contribution is -2.34.